The van der Waals surface area contributed by atoms with Gasteiger partial charge >= 0.3 is 0 Å². The number of fused-ring (bicyclic) bond motifs is 1. The Labute approximate surface area is 111 Å². The van der Waals surface area contributed by atoms with Crippen LogP contribution in [0.4, 0.5) is 5.82 Å². The quantitative estimate of drug-likeness (QED) is 0.797. The van der Waals surface area contributed by atoms with Gasteiger partial charge in [0.2, 0.25) is 0 Å². The second-order valence-electron chi connectivity index (χ2n) is 4.77. The van der Waals surface area contributed by atoms with Crippen molar-refractivity contribution in [3.8, 4) is 0 Å². The Kier molecular flexibility index (Phi) is 3.56. The smallest absolute Gasteiger partial charge is 0.182 e. The molecule has 0 radical (unpaired) electrons. The minimum atomic E-state index is 0.721. The van der Waals surface area contributed by atoms with Gasteiger partial charge < -0.3 is 20.5 Å². The summed E-state index contributed by atoms with van der Waals surface area (Å²) in [6.45, 7) is 5.79. The molecule has 2 aromatic rings. The third kappa shape index (κ3) is 2.52. The van der Waals surface area contributed by atoms with E-state index in [2.05, 4.69) is 29.7 Å². The molecule has 19 heavy (non-hydrogen) atoms. The molecule has 1 aliphatic rings. The van der Waals surface area contributed by atoms with Crippen molar-refractivity contribution in [2.24, 2.45) is 5.73 Å². The topological polar surface area (TPSA) is 87.0 Å². The van der Waals surface area contributed by atoms with E-state index in [9.17, 15) is 0 Å². The monoisotopic (exact) mass is 261 g/mol. The molecular weight excluding hydrogens is 242 g/mol. The molecule has 102 valence electrons. The lowest BCUT2D eigenvalue weighted by atomic mass is 10.3. The lowest BCUT2D eigenvalue weighted by Gasteiger charge is -2.22. The zero-order valence-electron chi connectivity index (χ0n) is 10.9. The van der Waals surface area contributed by atoms with E-state index >= 15 is 0 Å². The van der Waals surface area contributed by atoms with Crippen LogP contribution in [0.15, 0.2) is 12.7 Å². The molecule has 0 aliphatic carbocycles. The van der Waals surface area contributed by atoms with Crippen molar-refractivity contribution in [3.05, 3.63) is 12.7 Å². The minimum Gasteiger partial charge on any atom is -0.353 e. The van der Waals surface area contributed by atoms with Gasteiger partial charge in [-0.3, -0.25) is 0 Å². The summed E-state index contributed by atoms with van der Waals surface area (Å²) in [5, 5.41) is 0. The van der Waals surface area contributed by atoms with Crippen molar-refractivity contribution in [3.63, 3.8) is 0 Å². The number of hydrogen-bond acceptors (Lipinski definition) is 6. The Morgan fingerprint density at radius 3 is 3.00 bits per heavy atom. The molecule has 0 amide bonds. The zero-order chi connectivity index (χ0) is 13.1. The van der Waals surface area contributed by atoms with Crippen LogP contribution in [0.25, 0.3) is 11.2 Å². The van der Waals surface area contributed by atoms with E-state index < -0.39 is 0 Å². The predicted molar refractivity (Wildman–Crippen MR) is 74.0 cm³/mol. The van der Waals surface area contributed by atoms with Gasteiger partial charge in [0, 0.05) is 32.7 Å². The molecule has 7 nitrogen and oxygen atoms in total. The van der Waals surface area contributed by atoms with Gasteiger partial charge in [0.05, 0.1) is 6.33 Å². The van der Waals surface area contributed by atoms with E-state index in [0.717, 1.165) is 62.7 Å². The second-order valence-corrected chi connectivity index (χ2v) is 4.77. The van der Waals surface area contributed by atoms with E-state index in [1.807, 2.05) is 0 Å². The molecule has 2 aromatic heterocycles. The standard InChI is InChI=1S/C12H19N7/c13-2-5-18-3-1-4-19(7-6-18)12-10-11(15-8-14-10)16-9-17-12/h8-9H,1-7,13H2,(H,14,15,16,17). The first-order valence-electron chi connectivity index (χ1n) is 6.70. The number of nitrogens with one attached hydrogen (secondary N) is 1. The van der Waals surface area contributed by atoms with Crippen molar-refractivity contribution in [2.45, 2.75) is 6.42 Å². The zero-order valence-corrected chi connectivity index (χ0v) is 10.9. The fourth-order valence-corrected chi connectivity index (χ4v) is 2.58. The van der Waals surface area contributed by atoms with Crippen LogP contribution in [-0.4, -0.2) is 64.1 Å². The molecule has 0 aromatic carbocycles. The Hall–Kier alpha value is -1.73. The first-order valence-corrected chi connectivity index (χ1v) is 6.70. The molecule has 1 aliphatic heterocycles. The molecule has 0 unspecified atom stereocenters. The number of anilines is 1. The van der Waals surface area contributed by atoms with E-state index in [-0.39, 0.29) is 0 Å². The Balaban J connectivity index is 1.80. The van der Waals surface area contributed by atoms with Crippen LogP contribution in [0.2, 0.25) is 0 Å². The fourth-order valence-electron chi connectivity index (χ4n) is 2.58. The fraction of sp³-hybridized carbons (Fsp3) is 0.583. The maximum absolute atomic E-state index is 5.63. The van der Waals surface area contributed by atoms with E-state index in [1.165, 1.54) is 0 Å². The molecular formula is C12H19N7. The summed E-state index contributed by atoms with van der Waals surface area (Å²) in [6.07, 6.45) is 4.38. The number of imidazole rings is 1. The number of rotatable bonds is 3. The maximum Gasteiger partial charge on any atom is 0.182 e. The third-order valence-corrected chi connectivity index (χ3v) is 3.54. The van der Waals surface area contributed by atoms with Crippen molar-refractivity contribution < 1.29 is 0 Å². The van der Waals surface area contributed by atoms with Crippen LogP contribution in [0.1, 0.15) is 6.42 Å². The molecule has 1 saturated heterocycles. The first kappa shape index (κ1) is 12.3. The van der Waals surface area contributed by atoms with Gasteiger partial charge in [0.15, 0.2) is 11.5 Å². The number of nitrogens with two attached hydrogens (primary N) is 1. The lowest BCUT2D eigenvalue weighted by Crippen LogP contribution is -2.34. The van der Waals surface area contributed by atoms with E-state index in [4.69, 9.17) is 5.73 Å². The van der Waals surface area contributed by atoms with Gasteiger partial charge in [-0.1, -0.05) is 0 Å². The molecule has 0 atom stereocenters. The van der Waals surface area contributed by atoms with Crippen molar-refractivity contribution in [1.29, 1.82) is 0 Å². The number of aromatic nitrogens is 4. The summed E-state index contributed by atoms with van der Waals surface area (Å²) in [4.78, 5) is 20.6. The molecule has 3 N–H and O–H groups in total. The Bertz CT molecular complexity index is 538. The summed E-state index contributed by atoms with van der Waals surface area (Å²) in [6, 6.07) is 0. The molecule has 0 bridgehead atoms. The average molecular weight is 261 g/mol. The van der Waals surface area contributed by atoms with Crippen LogP contribution in [0.5, 0.6) is 0 Å². The van der Waals surface area contributed by atoms with Crippen LogP contribution in [-0.2, 0) is 0 Å². The van der Waals surface area contributed by atoms with Crippen LogP contribution >= 0.6 is 0 Å². The van der Waals surface area contributed by atoms with Crippen molar-refractivity contribution in [2.75, 3.05) is 44.2 Å². The van der Waals surface area contributed by atoms with Gasteiger partial charge in [-0.25, -0.2) is 15.0 Å². The third-order valence-electron chi connectivity index (χ3n) is 3.54. The van der Waals surface area contributed by atoms with E-state index in [1.54, 1.807) is 12.7 Å². The molecule has 0 saturated carbocycles. The van der Waals surface area contributed by atoms with Gasteiger partial charge in [-0.15, -0.1) is 0 Å². The summed E-state index contributed by atoms with van der Waals surface area (Å²) in [5.74, 6) is 0.956. The number of aromatic amines is 1. The Morgan fingerprint density at radius 2 is 2.11 bits per heavy atom. The SMILES string of the molecule is NCCN1CCCN(c2ncnc3nc[nH]c23)CC1. The highest BCUT2D eigenvalue weighted by atomic mass is 15.3. The van der Waals surface area contributed by atoms with Gasteiger partial charge in [0.25, 0.3) is 0 Å². The molecule has 7 heteroatoms. The molecule has 3 rings (SSSR count). The van der Waals surface area contributed by atoms with Crippen molar-refractivity contribution >= 4 is 17.0 Å². The molecule has 3 heterocycles. The van der Waals surface area contributed by atoms with Gasteiger partial charge in [-0.05, 0) is 13.0 Å². The first-order chi connectivity index (χ1) is 9.38. The van der Waals surface area contributed by atoms with Crippen LogP contribution in [0.3, 0.4) is 0 Å². The number of nitrogens with zero attached hydrogens (tertiary/aromatic N) is 5. The number of H-pyrrole nitrogens is 1. The average Bonchev–Trinajstić information content (AvgIpc) is 2.79. The van der Waals surface area contributed by atoms with Gasteiger partial charge in [-0.2, -0.15) is 0 Å². The highest BCUT2D eigenvalue weighted by molar-refractivity contribution is 5.82. The predicted octanol–water partition coefficient (Wildman–Crippen LogP) is -0.176. The summed E-state index contributed by atoms with van der Waals surface area (Å²) >= 11 is 0. The van der Waals surface area contributed by atoms with Crippen molar-refractivity contribution in [1.82, 2.24) is 24.8 Å². The van der Waals surface area contributed by atoms with Crippen LogP contribution in [0, 0.1) is 0 Å². The van der Waals surface area contributed by atoms with Crippen LogP contribution < -0.4 is 10.6 Å². The Morgan fingerprint density at radius 1 is 1.16 bits per heavy atom. The van der Waals surface area contributed by atoms with E-state index in [0.29, 0.717) is 0 Å². The highest BCUT2D eigenvalue weighted by Crippen LogP contribution is 2.20. The summed E-state index contributed by atoms with van der Waals surface area (Å²) in [5.41, 5.74) is 7.28. The largest absolute Gasteiger partial charge is 0.353 e. The lowest BCUT2D eigenvalue weighted by molar-refractivity contribution is 0.302. The minimum absolute atomic E-state index is 0.721. The normalized spacial score (nSPS) is 17.8. The summed E-state index contributed by atoms with van der Waals surface area (Å²) < 4.78 is 0. The highest BCUT2D eigenvalue weighted by Gasteiger charge is 2.18. The maximum atomic E-state index is 5.63. The second kappa shape index (κ2) is 5.50. The molecule has 1 fully saturated rings. The number of hydrogen-bond donors (Lipinski definition) is 2. The summed E-state index contributed by atoms with van der Waals surface area (Å²) in [7, 11) is 0. The van der Waals surface area contributed by atoms with Gasteiger partial charge in [0.1, 0.15) is 11.8 Å². The molecule has 0 spiro atoms.